The average Bonchev–Trinajstić information content (AvgIpc) is 1.88. The lowest BCUT2D eigenvalue weighted by molar-refractivity contribution is 0.349. The minimum absolute atomic E-state index is 0.553. The van der Waals surface area contributed by atoms with Crippen LogP contribution in [0.4, 0.5) is 0 Å². The second-order valence-corrected chi connectivity index (χ2v) is 3.01. The van der Waals surface area contributed by atoms with Crippen molar-refractivity contribution in [2.45, 2.75) is 26.2 Å². The molecule has 0 aliphatic heterocycles. The highest BCUT2D eigenvalue weighted by atomic mass is 16.3. The first-order chi connectivity index (χ1) is 4.70. The summed E-state index contributed by atoms with van der Waals surface area (Å²) in [5.74, 6) is 1.16. The summed E-state index contributed by atoms with van der Waals surface area (Å²) in [6.45, 7) is 5.95. The molecular formula is C9H14O. The van der Waals surface area contributed by atoms with Crippen LogP contribution in [0.1, 0.15) is 26.2 Å². The largest absolute Gasteiger partial charge is 0.513 e. The lowest BCUT2D eigenvalue weighted by atomic mass is 9.88. The van der Waals surface area contributed by atoms with Gasteiger partial charge >= 0.3 is 0 Å². The molecule has 0 radical (unpaired) electrons. The van der Waals surface area contributed by atoms with Crippen LogP contribution in [0.2, 0.25) is 0 Å². The molecule has 0 aromatic heterocycles. The predicted octanol–water partition coefficient (Wildman–Crippen LogP) is 2.80. The van der Waals surface area contributed by atoms with Gasteiger partial charge in [-0.15, -0.1) is 0 Å². The van der Waals surface area contributed by atoms with E-state index in [1.54, 1.807) is 0 Å². The van der Waals surface area contributed by atoms with Crippen molar-refractivity contribution in [1.29, 1.82) is 0 Å². The van der Waals surface area contributed by atoms with Crippen molar-refractivity contribution in [3.63, 3.8) is 0 Å². The molecule has 0 amide bonds. The van der Waals surface area contributed by atoms with E-state index in [1.807, 2.05) is 6.08 Å². The number of hydrogen-bond acceptors (Lipinski definition) is 1. The van der Waals surface area contributed by atoms with Gasteiger partial charge in [-0.05, 0) is 31.8 Å². The summed E-state index contributed by atoms with van der Waals surface area (Å²) in [7, 11) is 0. The zero-order chi connectivity index (χ0) is 7.56. The highest BCUT2D eigenvalue weighted by Gasteiger charge is 2.13. The van der Waals surface area contributed by atoms with Crippen LogP contribution in [-0.2, 0) is 0 Å². The van der Waals surface area contributed by atoms with Gasteiger partial charge in [0.1, 0.15) is 0 Å². The standard InChI is InChI=1S/C9H14O/c1-7(2)8-3-5-9(10)6-4-8/h5,8,10H,1,3-4,6H2,2H3/t8-/m1/s1. The lowest BCUT2D eigenvalue weighted by Crippen LogP contribution is -2.05. The Hall–Kier alpha value is -0.720. The van der Waals surface area contributed by atoms with E-state index in [0.717, 1.165) is 19.3 Å². The maximum atomic E-state index is 9.04. The Morgan fingerprint density at radius 2 is 2.50 bits per heavy atom. The molecule has 56 valence electrons. The summed E-state index contributed by atoms with van der Waals surface area (Å²) >= 11 is 0. The molecule has 0 saturated heterocycles. The molecule has 1 aliphatic carbocycles. The minimum atomic E-state index is 0.553. The third-order valence-corrected chi connectivity index (χ3v) is 2.08. The second kappa shape index (κ2) is 2.91. The van der Waals surface area contributed by atoms with Crippen LogP contribution in [0.3, 0.4) is 0 Å². The third-order valence-electron chi connectivity index (χ3n) is 2.08. The molecule has 1 atom stereocenters. The summed E-state index contributed by atoms with van der Waals surface area (Å²) in [6, 6.07) is 0. The maximum absolute atomic E-state index is 9.04. The number of aliphatic hydroxyl groups is 1. The van der Waals surface area contributed by atoms with E-state index in [4.69, 9.17) is 5.11 Å². The van der Waals surface area contributed by atoms with Crippen LogP contribution in [0.15, 0.2) is 24.0 Å². The van der Waals surface area contributed by atoms with Crippen molar-refractivity contribution in [2.75, 3.05) is 0 Å². The van der Waals surface area contributed by atoms with Gasteiger partial charge in [-0.25, -0.2) is 0 Å². The Kier molecular flexibility index (Phi) is 2.15. The zero-order valence-corrected chi connectivity index (χ0v) is 6.43. The number of rotatable bonds is 1. The summed E-state index contributed by atoms with van der Waals surface area (Å²) in [6.07, 6.45) is 4.78. The SMILES string of the molecule is C=C(C)[C@@H]1CC=C(O)CC1. The molecule has 1 N–H and O–H groups in total. The number of allylic oxidation sites excluding steroid dienone is 3. The highest BCUT2D eigenvalue weighted by molar-refractivity contribution is 5.06. The quantitative estimate of drug-likeness (QED) is 0.552. The van der Waals surface area contributed by atoms with Crippen molar-refractivity contribution in [3.8, 4) is 0 Å². The molecule has 10 heavy (non-hydrogen) atoms. The first-order valence-electron chi connectivity index (χ1n) is 3.73. The van der Waals surface area contributed by atoms with Gasteiger partial charge in [0.05, 0.1) is 5.76 Å². The van der Waals surface area contributed by atoms with E-state index in [0.29, 0.717) is 11.7 Å². The summed E-state index contributed by atoms with van der Waals surface area (Å²) in [5, 5.41) is 9.04. The average molecular weight is 138 g/mol. The topological polar surface area (TPSA) is 20.2 Å². The van der Waals surface area contributed by atoms with Crippen molar-refractivity contribution in [1.82, 2.24) is 0 Å². The summed E-state index contributed by atoms with van der Waals surface area (Å²) in [4.78, 5) is 0. The molecule has 0 saturated carbocycles. The van der Waals surface area contributed by atoms with Gasteiger partial charge in [-0.3, -0.25) is 0 Å². The van der Waals surface area contributed by atoms with E-state index in [1.165, 1.54) is 5.57 Å². The Morgan fingerprint density at radius 1 is 1.80 bits per heavy atom. The van der Waals surface area contributed by atoms with Crippen LogP contribution < -0.4 is 0 Å². The first kappa shape index (κ1) is 7.39. The van der Waals surface area contributed by atoms with Gasteiger partial charge in [0.25, 0.3) is 0 Å². The van der Waals surface area contributed by atoms with Gasteiger partial charge in [-0.1, -0.05) is 12.2 Å². The first-order valence-corrected chi connectivity index (χ1v) is 3.73. The van der Waals surface area contributed by atoms with E-state index in [-0.39, 0.29) is 0 Å². The fraction of sp³-hybridized carbons (Fsp3) is 0.556. The molecule has 0 aromatic rings. The van der Waals surface area contributed by atoms with Crippen molar-refractivity contribution in [2.24, 2.45) is 5.92 Å². The van der Waals surface area contributed by atoms with Gasteiger partial charge in [0.15, 0.2) is 0 Å². The van der Waals surface area contributed by atoms with E-state index < -0.39 is 0 Å². The maximum Gasteiger partial charge on any atom is 0.0883 e. The Balaban J connectivity index is 2.50. The zero-order valence-electron chi connectivity index (χ0n) is 6.43. The van der Waals surface area contributed by atoms with Crippen LogP contribution >= 0.6 is 0 Å². The fourth-order valence-electron chi connectivity index (χ4n) is 1.27. The number of hydrogen-bond donors (Lipinski definition) is 1. The molecule has 1 rings (SSSR count). The molecular weight excluding hydrogens is 124 g/mol. The Morgan fingerprint density at radius 3 is 2.90 bits per heavy atom. The van der Waals surface area contributed by atoms with Gasteiger partial charge in [0.2, 0.25) is 0 Å². The van der Waals surface area contributed by atoms with Crippen molar-refractivity contribution < 1.29 is 5.11 Å². The normalized spacial score (nSPS) is 25.7. The van der Waals surface area contributed by atoms with Crippen molar-refractivity contribution >= 4 is 0 Å². The molecule has 0 unspecified atom stereocenters. The molecule has 1 aliphatic rings. The lowest BCUT2D eigenvalue weighted by Gasteiger charge is -2.18. The van der Waals surface area contributed by atoms with Crippen LogP contribution in [0.5, 0.6) is 0 Å². The van der Waals surface area contributed by atoms with Crippen LogP contribution in [-0.4, -0.2) is 5.11 Å². The molecule has 0 bridgehead atoms. The van der Waals surface area contributed by atoms with Gasteiger partial charge in [0, 0.05) is 6.42 Å². The molecule has 1 nitrogen and oxygen atoms in total. The monoisotopic (exact) mass is 138 g/mol. The van der Waals surface area contributed by atoms with Crippen LogP contribution in [0, 0.1) is 5.92 Å². The number of aliphatic hydroxyl groups excluding tert-OH is 1. The fourth-order valence-corrected chi connectivity index (χ4v) is 1.27. The van der Waals surface area contributed by atoms with Crippen molar-refractivity contribution in [3.05, 3.63) is 24.0 Å². The minimum Gasteiger partial charge on any atom is -0.513 e. The summed E-state index contributed by atoms with van der Waals surface area (Å²) < 4.78 is 0. The Bertz CT molecular complexity index is 168. The van der Waals surface area contributed by atoms with Crippen LogP contribution in [0.25, 0.3) is 0 Å². The summed E-state index contributed by atoms with van der Waals surface area (Å²) in [5.41, 5.74) is 1.24. The molecule has 1 heteroatoms. The molecule has 0 fully saturated rings. The smallest absolute Gasteiger partial charge is 0.0883 e. The Labute approximate surface area is 62.1 Å². The van der Waals surface area contributed by atoms with E-state index in [9.17, 15) is 0 Å². The second-order valence-electron chi connectivity index (χ2n) is 3.01. The molecule has 0 spiro atoms. The molecule has 0 heterocycles. The molecule has 0 aromatic carbocycles. The van der Waals surface area contributed by atoms with E-state index in [2.05, 4.69) is 13.5 Å². The highest BCUT2D eigenvalue weighted by Crippen LogP contribution is 2.26. The van der Waals surface area contributed by atoms with E-state index >= 15 is 0 Å². The predicted molar refractivity (Wildman–Crippen MR) is 42.9 cm³/mol. The van der Waals surface area contributed by atoms with Gasteiger partial charge in [-0.2, -0.15) is 0 Å². The third kappa shape index (κ3) is 1.63. The van der Waals surface area contributed by atoms with Gasteiger partial charge < -0.3 is 5.11 Å².